The summed E-state index contributed by atoms with van der Waals surface area (Å²) < 4.78 is 39.7. The average molecular weight is 725 g/mol. The van der Waals surface area contributed by atoms with E-state index in [2.05, 4.69) is 38.3 Å². The minimum atomic E-state index is -3.47. The molecule has 6 atom stereocenters. The lowest BCUT2D eigenvalue weighted by Gasteiger charge is -2.46. The van der Waals surface area contributed by atoms with E-state index in [9.17, 15) is 13.8 Å². The van der Waals surface area contributed by atoms with Crippen LogP contribution in [0.5, 0.6) is 5.75 Å². The first kappa shape index (κ1) is 35.3. The van der Waals surface area contributed by atoms with Gasteiger partial charge in [0, 0.05) is 42.8 Å². The van der Waals surface area contributed by atoms with E-state index < -0.39 is 21.9 Å². The van der Waals surface area contributed by atoms with Crippen molar-refractivity contribution in [2.45, 2.75) is 70.0 Å². The van der Waals surface area contributed by atoms with Gasteiger partial charge in [-0.25, -0.2) is 9.00 Å². The summed E-state index contributed by atoms with van der Waals surface area (Å²) in [6, 6.07) is 11.1. The summed E-state index contributed by atoms with van der Waals surface area (Å²) in [5, 5.41) is 0.744. The number of nitrogens with zero attached hydrogens (tertiary/aromatic N) is 3. The van der Waals surface area contributed by atoms with Crippen molar-refractivity contribution >= 4 is 39.1 Å². The highest BCUT2D eigenvalue weighted by Gasteiger charge is 2.44. The lowest BCUT2D eigenvalue weighted by molar-refractivity contribution is -0.0290. The van der Waals surface area contributed by atoms with E-state index in [4.69, 9.17) is 25.8 Å². The molecule has 10 nitrogen and oxygen atoms in total. The molecule has 2 fully saturated rings. The zero-order valence-corrected chi connectivity index (χ0v) is 30.8. The Bertz CT molecular complexity index is 1770. The number of amides is 3. The summed E-state index contributed by atoms with van der Waals surface area (Å²) in [6.45, 7) is 7.27. The predicted molar refractivity (Wildman–Crippen MR) is 195 cm³/mol. The Labute approximate surface area is 301 Å². The summed E-state index contributed by atoms with van der Waals surface area (Å²) >= 11 is 6.45. The third kappa shape index (κ3) is 7.16. The summed E-state index contributed by atoms with van der Waals surface area (Å²) in [5.41, 5.74) is 3.44. The molecular weight excluding hydrogens is 676 g/mol. The van der Waals surface area contributed by atoms with Crippen LogP contribution >= 0.6 is 11.6 Å². The Balaban J connectivity index is 1.26. The number of carbonyl (C=O) groups excluding carboxylic acids is 2. The molecule has 0 unspecified atom stereocenters. The standard InChI is InChI=1S/C38H49ClN4O6S/c1-4-48-30-20-42(21-30)37(45)41-50(46)22-25(2)7-5-9-34(47-3)31-13-10-28(31)19-43-23-38(16-6-8-26-17-29(39)12-14-32(26)38)24-49-35-15-11-27(18-33(35)43)36(44)40-50/h5,9,11-12,14-15,17-18,25,28,30-31,34H,4,6-8,10,13,16,19-24H2,1-3H3,(H,40,41,44,45,46)/b9-5+/t25-,28-,31+,34-,38-,50-/m0/s1. The zero-order valence-electron chi connectivity index (χ0n) is 29.3. The van der Waals surface area contributed by atoms with Gasteiger partial charge >= 0.3 is 6.03 Å². The van der Waals surface area contributed by atoms with Crippen LogP contribution in [0.15, 0.2) is 52.9 Å². The van der Waals surface area contributed by atoms with Gasteiger partial charge in [0.1, 0.15) is 15.7 Å². The number of likely N-dealkylation sites (tertiary alicyclic amines) is 1. The van der Waals surface area contributed by atoms with Crippen LogP contribution in [0.2, 0.25) is 5.02 Å². The summed E-state index contributed by atoms with van der Waals surface area (Å²) in [7, 11) is -1.70. The maximum absolute atomic E-state index is 14.4. The van der Waals surface area contributed by atoms with Gasteiger partial charge in [0.15, 0.2) is 0 Å². The Kier molecular flexibility index (Phi) is 10.2. The van der Waals surface area contributed by atoms with Gasteiger partial charge in [-0.1, -0.05) is 36.7 Å². The molecule has 2 bridgehead atoms. The molecule has 2 aliphatic carbocycles. The van der Waals surface area contributed by atoms with Crippen molar-refractivity contribution in [3.8, 4) is 5.75 Å². The van der Waals surface area contributed by atoms with Gasteiger partial charge < -0.3 is 24.0 Å². The average Bonchev–Trinajstić information content (AvgIpc) is 3.19. The molecule has 1 spiro atoms. The van der Waals surface area contributed by atoms with Crippen LogP contribution in [-0.4, -0.2) is 85.5 Å². The number of rotatable bonds is 4. The summed E-state index contributed by atoms with van der Waals surface area (Å²) in [6.07, 6.45) is 9.91. The number of urea groups is 1. The number of anilines is 1. The highest BCUT2D eigenvalue weighted by atomic mass is 35.5. The third-order valence-electron chi connectivity index (χ3n) is 11.3. The molecular formula is C38H49ClN4O6S. The van der Waals surface area contributed by atoms with Gasteiger partial charge in [-0.3, -0.25) is 9.52 Å². The number of carbonyl (C=O) groups is 2. The highest BCUT2D eigenvalue weighted by Crippen LogP contribution is 2.47. The molecule has 0 aromatic heterocycles. The van der Waals surface area contributed by atoms with Gasteiger partial charge in [0.2, 0.25) is 0 Å². The molecule has 7 rings (SSSR count). The molecule has 12 heteroatoms. The van der Waals surface area contributed by atoms with Crippen molar-refractivity contribution in [1.29, 1.82) is 0 Å². The number of benzene rings is 2. The minimum absolute atomic E-state index is 0.0351. The number of aryl methyl sites for hydroxylation is 1. The Hall–Kier alpha value is -3.12. The summed E-state index contributed by atoms with van der Waals surface area (Å²) in [4.78, 5) is 31.1. The second kappa shape index (κ2) is 14.5. The second-order valence-corrected chi connectivity index (χ2v) is 17.3. The van der Waals surface area contributed by atoms with Crippen LogP contribution in [0.4, 0.5) is 10.5 Å². The number of allylic oxidation sites excluding steroid dienone is 1. The van der Waals surface area contributed by atoms with Crippen molar-refractivity contribution in [1.82, 2.24) is 9.62 Å². The molecule has 3 heterocycles. The third-order valence-corrected chi connectivity index (χ3v) is 13.5. The normalized spacial score (nSPS) is 32.0. The van der Waals surface area contributed by atoms with Crippen LogP contribution in [0, 0.1) is 17.8 Å². The molecule has 1 saturated heterocycles. The molecule has 1 N–H and O–H groups in total. The predicted octanol–water partition coefficient (Wildman–Crippen LogP) is 6.40. The smallest absolute Gasteiger partial charge is 0.330 e. The van der Waals surface area contributed by atoms with Crippen LogP contribution in [0.1, 0.15) is 67.4 Å². The molecule has 3 aliphatic heterocycles. The van der Waals surface area contributed by atoms with Gasteiger partial charge in [0.05, 0.1) is 43.3 Å². The van der Waals surface area contributed by atoms with Crippen molar-refractivity contribution in [3.05, 3.63) is 70.3 Å². The maximum atomic E-state index is 14.4. The highest BCUT2D eigenvalue weighted by molar-refractivity contribution is 7.92. The first-order valence-electron chi connectivity index (χ1n) is 18.1. The number of methoxy groups -OCH3 is 1. The Morgan fingerprint density at radius 3 is 2.78 bits per heavy atom. The lowest BCUT2D eigenvalue weighted by atomic mass is 9.68. The fraction of sp³-hybridized carbons (Fsp3) is 0.579. The number of halogens is 1. The number of hydrogen-bond donors (Lipinski definition) is 1. The van der Waals surface area contributed by atoms with Gasteiger partial charge in [0.25, 0.3) is 5.91 Å². The largest absolute Gasteiger partial charge is 0.490 e. The lowest BCUT2D eigenvalue weighted by Crippen LogP contribution is -2.58. The van der Waals surface area contributed by atoms with Crippen molar-refractivity contribution in [2.75, 3.05) is 57.2 Å². The van der Waals surface area contributed by atoms with Crippen LogP contribution in [0.25, 0.3) is 0 Å². The molecule has 270 valence electrons. The monoisotopic (exact) mass is 724 g/mol. The molecule has 2 aromatic rings. The maximum Gasteiger partial charge on any atom is 0.330 e. The SMILES string of the molecule is CCOC1CN(C(=O)N[S@@]2(=O)=NC(=O)c3ccc4c(c3)N(C[C@@H]3CC[C@H]3[C@@H](OC)/C=C/C[C@H](C)C2)C[C@@]2(CCCc3cc(Cl)ccc32)CO4)C1. The Morgan fingerprint density at radius 2 is 2.02 bits per heavy atom. The van der Waals surface area contributed by atoms with E-state index in [1.165, 1.54) is 11.1 Å². The first-order chi connectivity index (χ1) is 24.1. The molecule has 50 heavy (non-hydrogen) atoms. The molecule has 5 aliphatic rings. The molecule has 2 aromatic carbocycles. The van der Waals surface area contributed by atoms with Crippen LogP contribution < -0.4 is 14.4 Å². The quantitative estimate of drug-likeness (QED) is 0.364. The minimum Gasteiger partial charge on any atom is -0.490 e. The van der Waals surface area contributed by atoms with E-state index in [0.29, 0.717) is 55.9 Å². The van der Waals surface area contributed by atoms with E-state index in [1.54, 1.807) is 18.1 Å². The topological polar surface area (TPSA) is 110 Å². The van der Waals surface area contributed by atoms with Crippen molar-refractivity contribution in [3.63, 3.8) is 0 Å². The van der Waals surface area contributed by atoms with Crippen molar-refractivity contribution < 1.29 is 28.0 Å². The molecule has 0 radical (unpaired) electrons. The van der Waals surface area contributed by atoms with Crippen molar-refractivity contribution in [2.24, 2.45) is 22.1 Å². The van der Waals surface area contributed by atoms with Crippen LogP contribution in [0.3, 0.4) is 0 Å². The number of fused-ring (bicyclic) bond motifs is 4. The van der Waals surface area contributed by atoms with E-state index in [1.807, 2.05) is 32.0 Å². The van der Waals surface area contributed by atoms with Gasteiger partial charge in [-0.15, -0.1) is 4.36 Å². The fourth-order valence-corrected chi connectivity index (χ4v) is 10.6. The zero-order chi connectivity index (χ0) is 35.0. The van der Waals surface area contributed by atoms with E-state index in [-0.39, 0.29) is 29.3 Å². The van der Waals surface area contributed by atoms with Crippen LogP contribution in [-0.2, 0) is 31.2 Å². The number of nitrogens with one attached hydrogen (secondary N) is 1. The van der Waals surface area contributed by atoms with E-state index in [0.717, 1.165) is 55.9 Å². The fourth-order valence-electron chi connectivity index (χ4n) is 8.51. The van der Waals surface area contributed by atoms with E-state index >= 15 is 0 Å². The first-order valence-corrected chi connectivity index (χ1v) is 20.1. The number of ether oxygens (including phenoxy) is 3. The van der Waals surface area contributed by atoms with Gasteiger partial charge in [-0.05, 0) is 105 Å². The van der Waals surface area contributed by atoms with Gasteiger partial charge in [-0.2, -0.15) is 0 Å². The molecule has 1 saturated carbocycles. The summed E-state index contributed by atoms with van der Waals surface area (Å²) in [5.74, 6) is 0.748. The molecule has 3 amide bonds. The number of hydrogen-bond acceptors (Lipinski definition) is 7. The second-order valence-electron chi connectivity index (χ2n) is 14.9. The Morgan fingerprint density at radius 1 is 1.18 bits per heavy atom.